The van der Waals surface area contributed by atoms with E-state index in [1.54, 1.807) is 11.6 Å². The molecule has 1 unspecified atom stereocenters. The molecule has 35 heavy (non-hydrogen) atoms. The lowest BCUT2D eigenvalue weighted by Gasteiger charge is -2.33. The molecule has 2 N–H and O–H groups in total. The summed E-state index contributed by atoms with van der Waals surface area (Å²) in [5.41, 5.74) is 6.21. The van der Waals surface area contributed by atoms with Crippen LogP contribution < -0.4 is 10.9 Å². The monoisotopic (exact) mass is 496 g/mol. The minimum atomic E-state index is -3.55. The Labute approximate surface area is 204 Å². The van der Waals surface area contributed by atoms with E-state index in [9.17, 15) is 18.0 Å². The molecule has 1 aliphatic rings. The number of hydrazine groups is 1. The van der Waals surface area contributed by atoms with E-state index in [1.807, 2.05) is 60.7 Å². The lowest BCUT2D eigenvalue weighted by molar-refractivity contribution is -0.126. The minimum absolute atomic E-state index is 0.0216. The molecule has 11 heteroatoms. The SMILES string of the molecule is CCCS(=O)(=O)N1CCCCC1C(=O)NNC(=O)c1nc(-c2ccccc2)n(-c2ccccc2)n1. The molecule has 184 valence electrons. The number of para-hydroxylation sites is 1. The number of hydrogen-bond acceptors (Lipinski definition) is 6. The highest BCUT2D eigenvalue weighted by atomic mass is 32.2. The zero-order valence-electron chi connectivity index (χ0n) is 19.4. The first-order valence-electron chi connectivity index (χ1n) is 11.6. The molecule has 2 amide bonds. The van der Waals surface area contributed by atoms with Crippen LogP contribution in [0.3, 0.4) is 0 Å². The van der Waals surface area contributed by atoms with E-state index >= 15 is 0 Å². The van der Waals surface area contributed by atoms with Crippen molar-refractivity contribution in [2.75, 3.05) is 12.3 Å². The fourth-order valence-corrected chi connectivity index (χ4v) is 5.81. The molecular formula is C24H28N6O4S. The minimum Gasteiger partial charge on any atom is -0.271 e. The number of aromatic nitrogens is 3. The molecule has 1 aliphatic heterocycles. The van der Waals surface area contributed by atoms with Crippen LogP contribution in [0.15, 0.2) is 60.7 Å². The van der Waals surface area contributed by atoms with Gasteiger partial charge in [0.1, 0.15) is 6.04 Å². The average molecular weight is 497 g/mol. The van der Waals surface area contributed by atoms with E-state index in [0.717, 1.165) is 17.7 Å². The molecule has 1 aromatic heterocycles. The van der Waals surface area contributed by atoms with Crippen LogP contribution in [-0.4, -0.2) is 57.6 Å². The molecule has 1 saturated heterocycles. The normalized spacial score (nSPS) is 16.5. The molecular weight excluding hydrogens is 468 g/mol. The van der Waals surface area contributed by atoms with Crippen LogP contribution in [0.4, 0.5) is 0 Å². The van der Waals surface area contributed by atoms with Crippen molar-refractivity contribution in [2.45, 2.75) is 38.6 Å². The van der Waals surface area contributed by atoms with Crippen LogP contribution >= 0.6 is 0 Å². The quantitative estimate of drug-likeness (QED) is 0.484. The molecule has 4 rings (SSSR count). The van der Waals surface area contributed by atoms with Crippen LogP contribution in [0, 0.1) is 0 Å². The molecule has 1 fully saturated rings. The summed E-state index contributed by atoms with van der Waals surface area (Å²) in [5, 5.41) is 4.36. The largest absolute Gasteiger partial charge is 0.309 e. The van der Waals surface area contributed by atoms with Crippen molar-refractivity contribution in [1.29, 1.82) is 0 Å². The predicted molar refractivity (Wildman–Crippen MR) is 131 cm³/mol. The lowest BCUT2D eigenvalue weighted by atomic mass is 10.0. The van der Waals surface area contributed by atoms with Gasteiger partial charge in [0.05, 0.1) is 11.4 Å². The summed E-state index contributed by atoms with van der Waals surface area (Å²) in [5.74, 6) is -0.969. The summed E-state index contributed by atoms with van der Waals surface area (Å²) in [7, 11) is -3.55. The second kappa shape index (κ2) is 10.8. The van der Waals surface area contributed by atoms with Crippen molar-refractivity contribution in [3.8, 4) is 17.1 Å². The first kappa shape index (κ1) is 24.6. The first-order chi connectivity index (χ1) is 16.9. The van der Waals surface area contributed by atoms with Gasteiger partial charge in [-0.1, -0.05) is 61.9 Å². The van der Waals surface area contributed by atoms with Gasteiger partial charge >= 0.3 is 5.91 Å². The van der Waals surface area contributed by atoms with Gasteiger partial charge in [0.25, 0.3) is 5.91 Å². The van der Waals surface area contributed by atoms with Crippen molar-refractivity contribution in [2.24, 2.45) is 0 Å². The second-order valence-electron chi connectivity index (χ2n) is 8.25. The van der Waals surface area contributed by atoms with Gasteiger partial charge < -0.3 is 0 Å². The second-order valence-corrected chi connectivity index (χ2v) is 10.3. The highest BCUT2D eigenvalue weighted by Gasteiger charge is 2.36. The van der Waals surface area contributed by atoms with Crippen molar-refractivity contribution in [3.63, 3.8) is 0 Å². The van der Waals surface area contributed by atoms with Crippen LogP contribution in [0.5, 0.6) is 0 Å². The Morgan fingerprint density at radius 1 is 1.00 bits per heavy atom. The van der Waals surface area contributed by atoms with Gasteiger partial charge in [0.2, 0.25) is 15.8 Å². The predicted octanol–water partition coefficient (Wildman–Crippen LogP) is 2.29. The van der Waals surface area contributed by atoms with Gasteiger partial charge in [-0.25, -0.2) is 18.1 Å². The van der Waals surface area contributed by atoms with Crippen molar-refractivity contribution >= 4 is 21.8 Å². The maximum atomic E-state index is 12.8. The van der Waals surface area contributed by atoms with E-state index in [-0.39, 0.29) is 18.1 Å². The van der Waals surface area contributed by atoms with Crippen LogP contribution in [0.25, 0.3) is 17.1 Å². The van der Waals surface area contributed by atoms with Crippen LogP contribution in [-0.2, 0) is 14.8 Å². The standard InChI is InChI=1S/C24H28N6O4S/c1-2-17-35(33,34)29-16-10-9-15-20(29)23(31)26-27-24(32)21-25-22(18-11-5-3-6-12-18)30(28-21)19-13-7-4-8-14-19/h3-8,11-14,20H,2,9-10,15-17H2,1H3,(H,26,31)(H,27,32). The molecule has 10 nitrogen and oxygen atoms in total. The Kier molecular flexibility index (Phi) is 7.57. The van der Waals surface area contributed by atoms with Crippen LogP contribution in [0.2, 0.25) is 0 Å². The fourth-order valence-electron chi connectivity index (χ4n) is 4.06. The summed E-state index contributed by atoms with van der Waals surface area (Å²) >= 11 is 0. The van der Waals surface area contributed by atoms with Crippen molar-refractivity contribution in [1.82, 2.24) is 29.9 Å². The fraction of sp³-hybridized carbons (Fsp3) is 0.333. The molecule has 0 aliphatic carbocycles. The molecule has 2 aromatic carbocycles. The van der Waals surface area contributed by atoms with Gasteiger partial charge in [-0.3, -0.25) is 20.4 Å². The third-order valence-corrected chi connectivity index (χ3v) is 7.79. The Balaban J connectivity index is 1.52. The molecule has 0 spiro atoms. The Hall–Kier alpha value is -3.57. The molecule has 0 bridgehead atoms. The third kappa shape index (κ3) is 5.57. The molecule has 3 aromatic rings. The summed E-state index contributed by atoms with van der Waals surface area (Å²) in [6.45, 7) is 2.07. The topological polar surface area (TPSA) is 126 Å². The zero-order chi connectivity index (χ0) is 24.8. The number of hydrogen-bond donors (Lipinski definition) is 2. The Morgan fingerprint density at radius 2 is 1.69 bits per heavy atom. The number of nitrogens with one attached hydrogen (secondary N) is 2. The summed E-state index contributed by atoms with van der Waals surface area (Å²) < 4.78 is 28.0. The number of carbonyl (C=O) groups excluding carboxylic acids is 2. The summed E-state index contributed by atoms with van der Waals surface area (Å²) in [4.78, 5) is 30.1. The number of benzene rings is 2. The lowest BCUT2D eigenvalue weighted by Crippen LogP contribution is -2.55. The van der Waals surface area contributed by atoms with Gasteiger partial charge in [-0.2, -0.15) is 4.31 Å². The summed E-state index contributed by atoms with van der Waals surface area (Å²) in [6, 6.07) is 17.7. The maximum absolute atomic E-state index is 12.8. The van der Waals surface area contributed by atoms with Gasteiger partial charge in [0.15, 0.2) is 5.82 Å². The number of rotatable bonds is 7. The summed E-state index contributed by atoms with van der Waals surface area (Å²) in [6.07, 6.45) is 2.28. The average Bonchev–Trinajstić information content (AvgIpc) is 3.34. The van der Waals surface area contributed by atoms with Crippen molar-refractivity contribution < 1.29 is 18.0 Å². The molecule has 2 heterocycles. The van der Waals surface area contributed by atoms with E-state index in [2.05, 4.69) is 20.9 Å². The third-order valence-electron chi connectivity index (χ3n) is 5.72. The van der Waals surface area contributed by atoms with Crippen LogP contribution in [0.1, 0.15) is 43.2 Å². The number of sulfonamides is 1. The Bertz CT molecular complexity index is 1220. The number of amides is 2. The smallest absolute Gasteiger partial charge is 0.271 e. The zero-order valence-corrected chi connectivity index (χ0v) is 20.2. The number of nitrogens with zero attached hydrogens (tertiary/aromatic N) is 4. The van der Waals surface area contributed by atoms with Gasteiger partial charge in [-0.15, -0.1) is 5.10 Å². The molecule has 0 radical (unpaired) electrons. The first-order valence-corrected chi connectivity index (χ1v) is 13.2. The highest BCUT2D eigenvalue weighted by Crippen LogP contribution is 2.22. The van der Waals surface area contributed by atoms with E-state index in [0.29, 0.717) is 25.1 Å². The number of carbonyl (C=O) groups is 2. The van der Waals surface area contributed by atoms with Crippen molar-refractivity contribution in [3.05, 3.63) is 66.5 Å². The van der Waals surface area contributed by atoms with E-state index in [4.69, 9.17) is 0 Å². The number of piperidine rings is 1. The highest BCUT2D eigenvalue weighted by molar-refractivity contribution is 7.89. The molecule has 1 atom stereocenters. The maximum Gasteiger partial charge on any atom is 0.309 e. The molecule has 0 saturated carbocycles. The van der Waals surface area contributed by atoms with E-state index < -0.39 is 27.9 Å². The van der Waals surface area contributed by atoms with E-state index in [1.165, 1.54) is 4.31 Å². The van der Waals surface area contributed by atoms with Gasteiger partial charge in [-0.05, 0) is 31.4 Å². The van der Waals surface area contributed by atoms with Gasteiger partial charge in [0, 0.05) is 12.1 Å². The Morgan fingerprint density at radius 3 is 2.37 bits per heavy atom.